The van der Waals surface area contributed by atoms with E-state index in [-0.39, 0.29) is 12.0 Å². The molecule has 34 heavy (non-hydrogen) atoms. The van der Waals surface area contributed by atoms with Crippen molar-refractivity contribution in [1.82, 2.24) is 4.98 Å². The minimum atomic E-state index is -0.252. The van der Waals surface area contributed by atoms with E-state index in [4.69, 9.17) is 14.2 Å². The van der Waals surface area contributed by atoms with Crippen LogP contribution in [0.2, 0.25) is 0 Å². The molecule has 0 radical (unpaired) electrons. The molecule has 1 heterocycles. The summed E-state index contributed by atoms with van der Waals surface area (Å²) in [7, 11) is 1.61. The van der Waals surface area contributed by atoms with E-state index in [2.05, 4.69) is 24.1 Å². The number of ether oxygens (including phenoxy) is 3. The number of benzene rings is 2. The standard InChI is InChI=1S/C27H32N2O4S/c1-18(2)14-15-32-24-12-6-20(16-25(24)31-5)7-13-26(30)29-27-28-23(17-34-27)21-8-10-22(11-9-21)33-19(3)4/h6-13,16-19H,14-15H2,1-5H3,(H,28,29,30)/b13-7+. The van der Waals surface area contributed by atoms with Crippen LogP contribution in [-0.4, -0.2) is 30.7 Å². The molecular weight excluding hydrogens is 448 g/mol. The Morgan fingerprint density at radius 1 is 1.09 bits per heavy atom. The highest BCUT2D eigenvalue weighted by atomic mass is 32.1. The van der Waals surface area contributed by atoms with Crippen molar-refractivity contribution in [2.24, 2.45) is 5.92 Å². The highest BCUT2D eigenvalue weighted by Crippen LogP contribution is 2.29. The van der Waals surface area contributed by atoms with E-state index in [9.17, 15) is 4.79 Å². The van der Waals surface area contributed by atoms with Gasteiger partial charge in [-0.3, -0.25) is 10.1 Å². The minimum absolute atomic E-state index is 0.127. The number of thiazole rings is 1. The Hall–Kier alpha value is -3.32. The van der Waals surface area contributed by atoms with Crippen LogP contribution in [0.3, 0.4) is 0 Å². The SMILES string of the molecule is COc1cc(/C=C/C(=O)Nc2nc(-c3ccc(OC(C)C)cc3)cs2)ccc1OCCC(C)C. The second-order valence-corrected chi connectivity index (χ2v) is 9.35. The molecule has 1 N–H and O–H groups in total. The Labute approximate surface area is 205 Å². The Kier molecular flexibility index (Phi) is 9.10. The van der Waals surface area contributed by atoms with E-state index in [1.165, 1.54) is 17.4 Å². The van der Waals surface area contributed by atoms with E-state index in [0.717, 1.165) is 29.0 Å². The lowest BCUT2D eigenvalue weighted by molar-refractivity contribution is -0.111. The topological polar surface area (TPSA) is 69.7 Å². The highest BCUT2D eigenvalue weighted by Gasteiger charge is 2.09. The second kappa shape index (κ2) is 12.2. The van der Waals surface area contributed by atoms with Crippen molar-refractivity contribution in [2.45, 2.75) is 40.2 Å². The van der Waals surface area contributed by atoms with E-state index >= 15 is 0 Å². The van der Waals surface area contributed by atoms with E-state index in [1.807, 2.05) is 61.7 Å². The summed E-state index contributed by atoms with van der Waals surface area (Å²) in [6.07, 6.45) is 4.31. The molecule has 0 saturated heterocycles. The van der Waals surface area contributed by atoms with Gasteiger partial charge in [-0.25, -0.2) is 4.98 Å². The highest BCUT2D eigenvalue weighted by molar-refractivity contribution is 7.14. The summed E-state index contributed by atoms with van der Waals surface area (Å²) in [4.78, 5) is 16.9. The Morgan fingerprint density at radius 2 is 1.85 bits per heavy atom. The van der Waals surface area contributed by atoms with Crippen LogP contribution in [0.25, 0.3) is 17.3 Å². The number of methoxy groups -OCH3 is 1. The maximum atomic E-state index is 12.4. The summed E-state index contributed by atoms with van der Waals surface area (Å²) in [5.74, 6) is 2.48. The molecule has 3 rings (SSSR count). The number of nitrogens with one attached hydrogen (secondary N) is 1. The largest absolute Gasteiger partial charge is 0.493 e. The lowest BCUT2D eigenvalue weighted by atomic mass is 10.1. The van der Waals surface area contributed by atoms with Gasteiger partial charge in [-0.2, -0.15) is 0 Å². The molecule has 6 nitrogen and oxygen atoms in total. The summed E-state index contributed by atoms with van der Waals surface area (Å²) in [5.41, 5.74) is 2.61. The quantitative estimate of drug-likeness (QED) is 0.310. The van der Waals surface area contributed by atoms with E-state index in [1.54, 1.807) is 13.2 Å². The van der Waals surface area contributed by atoms with Gasteiger partial charge < -0.3 is 14.2 Å². The van der Waals surface area contributed by atoms with Crippen molar-refractivity contribution in [3.8, 4) is 28.5 Å². The van der Waals surface area contributed by atoms with Crippen LogP contribution in [0.5, 0.6) is 17.2 Å². The van der Waals surface area contributed by atoms with E-state index < -0.39 is 0 Å². The van der Waals surface area contributed by atoms with Gasteiger partial charge in [-0.15, -0.1) is 11.3 Å². The van der Waals surface area contributed by atoms with Crippen LogP contribution in [0.4, 0.5) is 5.13 Å². The first-order valence-electron chi connectivity index (χ1n) is 11.4. The maximum absolute atomic E-state index is 12.4. The molecule has 0 unspecified atom stereocenters. The molecule has 1 amide bonds. The molecule has 0 atom stereocenters. The zero-order valence-corrected chi connectivity index (χ0v) is 21.1. The van der Waals surface area contributed by atoms with Crippen molar-refractivity contribution in [1.29, 1.82) is 0 Å². The number of amides is 1. The molecule has 2 aromatic carbocycles. The summed E-state index contributed by atoms with van der Waals surface area (Å²) in [6, 6.07) is 13.4. The molecule has 0 bridgehead atoms. The first-order valence-corrected chi connectivity index (χ1v) is 12.2. The third kappa shape index (κ3) is 7.63. The van der Waals surface area contributed by atoms with Crippen molar-refractivity contribution in [3.05, 3.63) is 59.5 Å². The summed E-state index contributed by atoms with van der Waals surface area (Å²) in [5, 5.41) is 5.28. The fourth-order valence-corrected chi connectivity index (χ4v) is 3.79. The maximum Gasteiger partial charge on any atom is 0.250 e. The van der Waals surface area contributed by atoms with Crippen LogP contribution in [0.15, 0.2) is 53.9 Å². The molecule has 180 valence electrons. The first-order chi connectivity index (χ1) is 16.3. The molecule has 1 aromatic heterocycles. The van der Waals surface area contributed by atoms with Gasteiger partial charge in [-0.1, -0.05) is 19.9 Å². The summed E-state index contributed by atoms with van der Waals surface area (Å²) >= 11 is 1.38. The second-order valence-electron chi connectivity index (χ2n) is 8.49. The number of hydrogen-bond acceptors (Lipinski definition) is 6. The monoisotopic (exact) mass is 480 g/mol. The number of rotatable bonds is 11. The Balaban J connectivity index is 1.58. The molecule has 0 saturated carbocycles. The van der Waals surface area contributed by atoms with Crippen molar-refractivity contribution < 1.29 is 19.0 Å². The van der Waals surface area contributed by atoms with Gasteiger partial charge in [0.2, 0.25) is 5.91 Å². The molecule has 0 aliphatic heterocycles. The number of nitrogens with zero attached hydrogens (tertiary/aromatic N) is 1. The van der Waals surface area contributed by atoms with Crippen LogP contribution in [-0.2, 0) is 4.79 Å². The zero-order valence-electron chi connectivity index (χ0n) is 20.3. The van der Waals surface area contributed by atoms with Gasteiger partial charge in [0.1, 0.15) is 5.75 Å². The van der Waals surface area contributed by atoms with Gasteiger partial charge in [-0.05, 0) is 74.2 Å². The van der Waals surface area contributed by atoms with Crippen molar-refractivity contribution in [2.75, 3.05) is 19.0 Å². The average Bonchev–Trinajstić information content (AvgIpc) is 3.26. The predicted molar refractivity (Wildman–Crippen MR) is 139 cm³/mol. The minimum Gasteiger partial charge on any atom is -0.493 e. The number of aromatic nitrogens is 1. The molecule has 0 aliphatic rings. The Morgan fingerprint density at radius 3 is 2.53 bits per heavy atom. The van der Waals surface area contributed by atoms with Gasteiger partial charge in [0.25, 0.3) is 0 Å². The number of anilines is 1. The van der Waals surface area contributed by atoms with Crippen molar-refractivity contribution >= 4 is 28.5 Å². The number of carbonyl (C=O) groups excluding carboxylic acids is 1. The zero-order chi connectivity index (χ0) is 24.5. The lowest BCUT2D eigenvalue weighted by Gasteiger charge is -2.12. The van der Waals surface area contributed by atoms with Gasteiger partial charge >= 0.3 is 0 Å². The van der Waals surface area contributed by atoms with Crippen LogP contribution >= 0.6 is 11.3 Å². The summed E-state index contributed by atoms with van der Waals surface area (Å²) < 4.78 is 16.9. The molecular formula is C27H32N2O4S. The van der Waals surface area contributed by atoms with E-state index in [0.29, 0.717) is 29.2 Å². The molecule has 0 aliphatic carbocycles. The Bertz CT molecular complexity index is 1100. The number of hydrogen-bond donors (Lipinski definition) is 1. The van der Waals surface area contributed by atoms with Gasteiger partial charge in [0, 0.05) is 17.0 Å². The molecule has 7 heteroatoms. The molecule has 0 spiro atoms. The first kappa shape index (κ1) is 25.3. The lowest BCUT2D eigenvalue weighted by Crippen LogP contribution is -2.07. The molecule has 3 aromatic rings. The normalized spacial score (nSPS) is 11.3. The summed E-state index contributed by atoms with van der Waals surface area (Å²) in [6.45, 7) is 8.94. The third-order valence-corrected chi connectivity index (χ3v) is 5.58. The fourth-order valence-electron chi connectivity index (χ4n) is 3.07. The molecule has 0 fully saturated rings. The van der Waals surface area contributed by atoms with Gasteiger partial charge in [0.05, 0.1) is 25.5 Å². The fraction of sp³-hybridized carbons (Fsp3) is 0.333. The van der Waals surface area contributed by atoms with Crippen LogP contribution in [0, 0.1) is 5.92 Å². The van der Waals surface area contributed by atoms with Crippen LogP contribution < -0.4 is 19.5 Å². The van der Waals surface area contributed by atoms with Crippen LogP contribution in [0.1, 0.15) is 39.7 Å². The average molecular weight is 481 g/mol. The smallest absolute Gasteiger partial charge is 0.250 e. The number of carbonyl (C=O) groups is 1. The van der Waals surface area contributed by atoms with Crippen molar-refractivity contribution in [3.63, 3.8) is 0 Å². The van der Waals surface area contributed by atoms with Gasteiger partial charge in [0.15, 0.2) is 16.6 Å². The third-order valence-electron chi connectivity index (χ3n) is 4.82. The predicted octanol–water partition coefficient (Wildman–Crippen LogP) is 6.68.